The minimum absolute atomic E-state index is 0.0256. The summed E-state index contributed by atoms with van der Waals surface area (Å²) in [5.41, 5.74) is 4.07. The maximum atomic E-state index is 5.47. The van der Waals surface area contributed by atoms with Crippen LogP contribution < -0.4 is 0 Å². The van der Waals surface area contributed by atoms with E-state index in [1.165, 1.54) is 5.56 Å². The molecule has 0 radical (unpaired) electrons. The van der Waals surface area contributed by atoms with E-state index in [0.717, 1.165) is 12.8 Å². The Labute approximate surface area is 97.2 Å². The van der Waals surface area contributed by atoms with Gasteiger partial charge >= 0.3 is 0 Å². The van der Waals surface area contributed by atoms with Gasteiger partial charge in [0.2, 0.25) is 0 Å². The summed E-state index contributed by atoms with van der Waals surface area (Å²) in [5, 5.41) is 0. The highest BCUT2D eigenvalue weighted by atomic mass is 16.7. The molecule has 0 saturated carbocycles. The van der Waals surface area contributed by atoms with Crippen LogP contribution in [0.3, 0.4) is 0 Å². The molecular formula is C14H18O2. The van der Waals surface area contributed by atoms with Gasteiger partial charge in [-0.2, -0.15) is 0 Å². The van der Waals surface area contributed by atoms with Crippen LogP contribution in [0, 0.1) is 0 Å². The van der Waals surface area contributed by atoms with Gasteiger partial charge in [0, 0.05) is 7.11 Å². The molecule has 1 atom stereocenters. The first-order valence-electron chi connectivity index (χ1n) is 5.37. The highest BCUT2D eigenvalue weighted by Crippen LogP contribution is 2.08. The third kappa shape index (κ3) is 4.94. The Morgan fingerprint density at radius 3 is 2.75 bits per heavy atom. The van der Waals surface area contributed by atoms with Crippen molar-refractivity contribution in [2.45, 2.75) is 18.9 Å². The fourth-order valence-corrected chi connectivity index (χ4v) is 1.46. The predicted octanol–water partition coefficient (Wildman–Crippen LogP) is 2.95. The van der Waals surface area contributed by atoms with Gasteiger partial charge in [-0.1, -0.05) is 36.9 Å². The van der Waals surface area contributed by atoms with Gasteiger partial charge in [0.15, 0.2) is 0 Å². The van der Waals surface area contributed by atoms with E-state index in [2.05, 4.69) is 24.4 Å². The number of hydrogen-bond donors (Lipinski definition) is 0. The van der Waals surface area contributed by atoms with Crippen molar-refractivity contribution in [3.05, 3.63) is 54.3 Å². The average molecular weight is 218 g/mol. The zero-order valence-corrected chi connectivity index (χ0v) is 9.69. The quantitative estimate of drug-likeness (QED) is 0.517. The standard InChI is InChI=1S/C14H18O2/c1-3-7-14(16-12-15-2)11-10-13-8-5-4-6-9-13/h4-9,14H,1,10-12H2,2H3. The number of ether oxygens (including phenoxy) is 2. The van der Waals surface area contributed by atoms with Gasteiger partial charge in [0.25, 0.3) is 0 Å². The molecular weight excluding hydrogens is 200 g/mol. The van der Waals surface area contributed by atoms with Crippen molar-refractivity contribution >= 4 is 0 Å². The van der Waals surface area contributed by atoms with Crippen LogP contribution in [0.1, 0.15) is 12.0 Å². The van der Waals surface area contributed by atoms with Gasteiger partial charge in [-0.05, 0) is 24.5 Å². The topological polar surface area (TPSA) is 18.5 Å². The molecule has 1 unspecified atom stereocenters. The molecule has 16 heavy (non-hydrogen) atoms. The Hall–Kier alpha value is -1.34. The van der Waals surface area contributed by atoms with Crippen molar-refractivity contribution in [1.29, 1.82) is 0 Å². The molecule has 86 valence electrons. The van der Waals surface area contributed by atoms with Crippen LogP contribution in [0.2, 0.25) is 0 Å². The zero-order chi connectivity index (χ0) is 11.6. The second-order valence-corrected chi connectivity index (χ2v) is 3.51. The Bertz CT molecular complexity index is 326. The molecule has 0 aliphatic heterocycles. The SMILES string of the molecule is C=C=CC(CCc1ccccc1)OCOC. The average Bonchev–Trinajstić information content (AvgIpc) is 2.34. The molecule has 0 amide bonds. The van der Waals surface area contributed by atoms with Gasteiger partial charge in [-0.25, -0.2) is 0 Å². The summed E-state index contributed by atoms with van der Waals surface area (Å²) in [6.07, 6.45) is 3.75. The van der Waals surface area contributed by atoms with E-state index < -0.39 is 0 Å². The summed E-state index contributed by atoms with van der Waals surface area (Å²) in [4.78, 5) is 0. The highest BCUT2D eigenvalue weighted by molar-refractivity contribution is 5.14. The first kappa shape index (κ1) is 12.7. The maximum absolute atomic E-state index is 5.47. The van der Waals surface area contributed by atoms with Crippen molar-refractivity contribution in [2.75, 3.05) is 13.9 Å². The second kappa shape index (κ2) is 7.89. The molecule has 0 saturated heterocycles. The summed E-state index contributed by atoms with van der Waals surface area (Å²) >= 11 is 0. The van der Waals surface area contributed by atoms with Crippen LogP contribution in [0.4, 0.5) is 0 Å². The largest absolute Gasteiger partial charge is 0.359 e. The van der Waals surface area contributed by atoms with Crippen molar-refractivity contribution in [2.24, 2.45) is 0 Å². The number of aryl methyl sites for hydroxylation is 1. The van der Waals surface area contributed by atoms with E-state index >= 15 is 0 Å². The number of benzene rings is 1. The molecule has 0 fully saturated rings. The number of rotatable bonds is 7. The van der Waals surface area contributed by atoms with Crippen LogP contribution in [0.25, 0.3) is 0 Å². The number of methoxy groups -OCH3 is 1. The fourth-order valence-electron chi connectivity index (χ4n) is 1.46. The van der Waals surface area contributed by atoms with Crippen LogP contribution in [-0.2, 0) is 15.9 Å². The van der Waals surface area contributed by atoms with Crippen molar-refractivity contribution in [1.82, 2.24) is 0 Å². The van der Waals surface area contributed by atoms with E-state index in [9.17, 15) is 0 Å². The van der Waals surface area contributed by atoms with Gasteiger partial charge in [0.1, 0.15) is 6.79 Å². The third-order valence-electron chi connectivity index (χ3n) is 2.26. The highest BCUT2D eigenvalue weighted by Gasteiger charge is 2.04. The Kier molecular flexibility index (Phi) is 6.28. The molecule has 0 aliphatic rings. The molecule has 0 aromatic heterocycles. The van der Waals surface area contributed by atoms with E-state index in [4.69, 9.17) is 9.47 Å². The molecule has 1 rings (SSSR count). The Morgan fingerprint density at radius 1 is 1.38 bits per heavy atom. The molecule has 0 N–H and O–H groups in total. The van der Waals surface area contributed by atoms with Crippen molar-refractivity contribution in [3.63, 3.8) is 0 Å². The third-order valence-corrected chi connectivity index (χ3v) is 2.26. The first-order chi connectivity index (χ1) is 7.86. The van der Waals surface area contributed by atoms with E-state index in [1.54, 1.807) is 7.11 Å². The lowest BCUT2D eigenvalue weighted by Crippen LogP contribution is -2.12. The molecule has 0 heterocycles. The van der Waals surface area contributed by atoms with Gasteiger partial charge < -0.3 is 9.47 Å². The summed E-state index contributed by atoms with van der Waals surface area (Å²) in [5.74, 6) is 0. The Morgan fingerprint density at radius 2 is 2.12 bits per heavy atom. The summed E-state index contributed by atoms with van der Waals surface area (Å²) in [7, 11) is 1.62. The van der Waals surface area contributed by atoms with Crippen molar-refractivity contribution in [3.8, 4) is 0 Å². The number of hydrogen-bond acceptors (Lipinski definition) is 2. The van der Waals surface area contributed by atoms with Crippen LogP contribution in [0.5, 0.6) is 0 Å². The van der Waals surface area contributed by atoms with Gasteiger partial charge in [-0.15, -0.1) is 5.73 Å². The van der Waals surface area contributed by atoms with E-state index in [1.807, 2.05) is 24.3 Å². The zero-order valence-electron chi connectivity index (χ0n) is 9.69. The molecule has 2 heteroatoms. The molecule has 0 aliphatic carbocycles. The van der Waals surface area contributed by atoms with Crippen LogP contribution >= 0.6 is 0 Å². The lowest BCUT2D eigenvalue weighted by atomic mass is 10.1. The molecule has 2 nitrogen and oxygen atoms in total. The van der Waals surface area contributed by atoms with Crippen LogP contribution in [0.15, 0.2) is 48.7 Å². The lowest BCUT2D eigenvalue weighted by molar-refractivity contribution is -0.0572. The van der Waals surface area contributed by atoms with Crippen molar-refractivity contribution < 1.29 is 9.47 Å². The normalized spacial score (nSPS) is 11.8. The maximum Gasteiger partial charge on any atom is 0.147 e. The first-order valence-corrected chi connectivity index (χ1v) is 5.37. The molecule has 0 bridgehead atoms. The summed E-state index contributed by atoms with van der Waals surface area (Å²) in [6.45, 7) is 3.87. The van der Waals surface area contributed by atoms with Crippen LogP contribution in [-0.4, -0.2) is 20.0 Å². The Balaban J connectivity index is 2.40. The molecule has 1 aromatic rings. The monoisotopic (exact) mass is 218 g/mol. The predicted molar refractivity (Wildman–Crippen MR) is 65.2 cm³/mol. The lowest BCUT2D eigenvalue weighted by Gasteiger charge is -2.12. The molecule has 0 spiro atoms. The second-order valence-electron chi connectivity index (χ2n) is 3.51. The fraction of sp³-hybridized carbons (Fsp3) is 0.357. The minimum Gasteiger partial charge on any atom is -0.359 e. The summed E-state index contributed by atoms with van der Waals surface area (Å²) < 4.78 is 10.4. The van der Waals surface area contributed by atoms with Gasteiger partial charge in [0.05, 0.1) is 6.10 Å². The van der Waals surface area contributed by atoms with E-state index in [-0.39, 0.29) is 6.10 Å². The molecule has 1 aromatic carbocycles. The minimum atomic E-state index is 0.0256. The van der Waals surface area contributed by atoms with Gasteiger partial charge in [-0.3, -0.25) is 0 Å². The van der Waals surface area contributed by atoms with E-state index in [0.29, 0.717) is 6.79 Å². The smallest absolute Gasteiger partial charge is 0.147 e. The summed E-state index contributed by atoms with van der Waals surface area (Å²) in [6, 6.07) is 10.3.